The van der Waals surface area contributed by atoms with E-state index in [1.54, 1.807) is 0 Å². The van der Waals surface area contributed by atoms with Crippen molar-refractivity contribution in [1.82, 2.24) is 5.32 Å². The summed E-state index contributed by atoms with van der Waals surface area (Å²) in [5.74, 6) is 0.0379. The van der Waals surface area contributed by atoms with Gasteiger partial charge in [-0.05, 0) is 56.1 Å². The summed E-state index contributed by atoms with van der Waals surface area (Å²) in [6.07, 6.45) is 1.39. The lowest BCUT2D eigenvalue weighted by atomic mass is 10.1. The lowest BCUT2D eigenvalue weighted by molar-refractivity contribution is -0.116. The van der Waals surface area contributed by atoms with Crippen molar-refractivity contribution < 1.29 is 4.79 Å². The third kappa shape index (κ3) is 6.05. The van der Waals surface area contributed by atoms with E-state index in [4.69, 9.17) is 11.6 Å². The van der Waals surface area contributed by atoms with Crippen LogP contribution in [0.2, 0.25) is 5.02 Å². The van der Waals surface area contributed by atoms with Crippen LogP contribution in [0, 0.1) is 13.8 Å². The highest BCUT2D eigenvalue weighted by Gasteiger charge is 2.04. The minimum Gasteiger partial charge on any atom is -0.326 e. The van der Waals surface area contributed by atoms with Gasteiger partial charge in [-0.3, -0.25) is 4.79 Å². The minimum atomic E-state index is 0.0379. The first-order valence-electron chi connectivity index (χ1n) is 7.87. The van der Waals surface area contributed by atoms with Gasteiger partial charge in [0, 0.05) is 23.7 Å². The Morgan fingerprint density at radius 1 is 1.04 bits per heavy atom. The monoisotopic (exact) mass is 330 g/mol. The van der Waals surface area contributed by atoms with Crippen molar-refractivity contribution in [2.45, 2.75) is 26.7 Å². The number of hydrogen-bond acceptors (Lipinski definition) is 2. The Hall–Kier alpha value is -1.84. The third-order valence-electron chi connectivity index (χ3n) is 3.69. The van der Waals surface area contributed by atoms with Crippen LogP contribution in [0.3, 0.4) is 0 Å². The second kappa shape index (κ2) is 8.70. The number of aryl methyl sites for hydroxylation is 2. The first-order valence-corrected chi connectivity index (χ1v) is 8.24. The molecule has 1 amide bonds. The zero-order valence-electron chi connectivity index (χ0n) is 13.7. The lowest BCUT2D eigenvalue weighted by Crippen LogP contribution is -2.23. The van der Waals surface area contributed by atoms with Crippen LogP contribution in [0.5, 0.6) is 0 Å². The van der Waals surface area contributed by atoms with Gasteiger partial charge < -0.3 is 10.6 Å². The molecule has 0 unspecified atom stereocenters. The highest BCUT2D eigenvalue weighted by Crippen LogP contribution is 2.16. The highest BCUT2D eigenvalue weighted by molar-refractivity contribution is 6.30. The maximum Gasteiger partial charge on any atom is 0.225 e. The van der Waals surface area contributed by atoms with E-state index in [-0.39, 0.29) is 5.91 Å². The molecule has 0 aliphatic heterocycles. The molecule has 0 aliphatic rings. The van der Waals surface area contributed by atoms with Crippen molar-refractivity contribution >= 4 is 23.2 Å². The quantitative estimate of drug-likeness (QED) is 0.750. The predicted octanol–water partition coefficient (Wildman–Crippen LogP) is 4.12. The highest BCUT2D eigenvalue weighted by atomic mass is 35.5. The molecular weight excluding hydrogens is 308 g/mol. The lowest BCUT2D eigenvalue weighted by Gasteiger charge is -2.09. The van der Waals surface area contributed by atoms with Gasteiger partial charge in [0.1, 0.15) is 0 Å². The zero-order valence-corrected chi connectivity index (χ0v) is 14.4. The molecule has 2 rings (SSSR count). The van der Waals surface area contributed by atoms with Crippen LogP contribution in [-0.4, -0.2) is 19.0 Å². The van der Waals surface area contributed by atoms with Crippen LogP contribution in [0.25, 0.3) is 0 Å². The average molecular weight is 331 g/mol. The van der Waals surface area contributed by atoms with Gasteiger partial charge in [0.2, 0.25) is 5.91 Å². The maximum absolute atomic E-state index is 12.0. The van der Waals surface area contributed by atoms with E-state index >= 15 is 0 Å². The summed E-state index contributed by atoms with van der Waals surface area (Å²) in [5.41, 5.74) is 4.42. The number of amides is 1. The number of nitrogens with one attached hydrogen (secondary N) is 2. The van der Waals surface area contributed by atoms with Crippen molar-refractivity contribution in [3.63, 3.8) is 0 Å². The van der Waals surface area contributed by atoms with Gasteiger partial charge in [0.25, 0.3) is 0 Å². The fourth-order valence-corrected chi connectivity index (χ4v) is 2.50. The molecule has 2 N–H and O–H groups in total. The summed E-state index contributed by atoms with van der Waals surface area (Å²) < 4.78 is 0. The molecule has 0 heterocycles. The number of benzene rings is 2. The molecule has 0 saturated carbocycles. The van der Waals surface area contributed by atoms with Crippen molar-refractivity contribution in [2.24, 2.45) is 0 Å². The number of anilines is 1. The topological polar surface area (TPSA) is 41.1 Å². The first kappa shape index (κ1) is 17.5. The molecule has 2 aromatic carbocycles. The first-order chi connectivity index (χ1) is 11.0. The summed E-state index contributed by atoms with van der Waals surface area (Å²) in [5, 5.41) is 7.01. The number of carbonyl (C=O) groups is 1. The van der Waals surface area contributed by atoms with Crippen LogP contribution in [0.15, 0.2) is 42.5 Å². The van der Waals surface area contributed by atoms with Crippen molar-refractivity contribution in [2.75, 3.05) is 18.4 Å². The van der Waals surface area contributed by atoms with E-state index in [2.05, 4.69) is 16.7 Å². The Balaban J connectivity index is 1.65. The van der Waals surface area contributed by atoms with E-state index in [0.717, 1.165) is 29.2 Å². The fourth-order valence-electron chi connectivity index (χ4n) is 2.38. The zero-order chi connectivity index (χ0) is 16.7. The van der Waals surface area contributed by atoms with Gasteiger partial charge in [-0.25, -0.2) is 0 Å². The largest absolute Gasteiger partial charge is 0.326 e. The Labute approximate surface area is 143 Å². The molecule has 0 saturated heterocycles. The number of hydrogen-bond donors (Lipinski definition) is 2. The summed E-state index contributed by atoms with van der Waals surface area (Å²) in [4.78, 5) is 12.0. The van der Waals surface area contributed by atoms with Crippen molar-refractivity contribution in [3.05, 3.63) is 64.2 Å². The second-order valence-electron chi connectivity index (χ2n) is 5.74. The smallest absolute Gasteiger partial charge is 0.225 e. The number of carbonyl (C=O) groups excluding carboxylic acids is 1. The third-order valence-corrected chi connectivity index (χ3v) is 3.94. The minimum absolute atomic E-state index is 0.0379. The van der Waals surface area contributed by atoms with Gasteiger partial charge in [-0.15, -0.1) is 0 Å². The molecule has 0 atom stereocenters. The maximum atomic E-state index is 12.0. The molecule has 0 bridgehead atoms. The Morgan fingerprint density at radius 2 is 1.78 bits per heavy atom. The molecule has 0 aromatic heterocycles. The molecule has 0 radical (unpaired) electrons. The molecule has 0 spiro atoms. The summed E-state index contributed by atoms with van der Waals surface area (Å²) in [7, 11) is 0. The van der Waals surface area contributed by atoms with Crippen molar-refractivity contribution in [3.8, 4) is 0 Å². The SMILES string of the molecule is Cc1ccc(NC(=O)CCNCCc2ccc(Cl)cc2)c(C)c1. The average Bonchev–Trinajstić information content (AvgIpc) is 2.51. The molecule has 122 valence electrons. The molecule has 0 fully saturated rings. The van der Waals surface area contributed by atoms with Gasteiger partial charge in [-0.1, -0.05) is 41.4 Å². The molecule has 0 aliphatic carbocycles. The van der Waals surface area contributed by atoms with Crippen LogP contribution in [0.1, 0.15) is 23.1 Å². The van der Waals surface area contributed by atoms with E-state index in [0.29, 0.717) is 13.0 Å². The van der Waals surface area contributed by atoms with Gasteiger partial charge >= 0.3 is 0 Å². The van der Waals surface area contributed by atoms with E-state index in [9.17, 15) is 4.79 Å². The fraction of sp³-hybridized carbons (Fsp3) is 0.316. The summed E-state index contributed by atoms with van der Waals surface area (Å²) in [6.45, 7) is 5.57. The molecule has 23 heavy (non-hydrogen) atoms. The van der Waals surface area contributed by atoms with Crippen LogP contribution >= 0.6 is 11.6 Å². The van der Waals surface area contributed by atoms with E-state index < -0.39 is 0 Å². The normalized spacial score (nSPS) is 10.6. The van der Waals surface area contributed by atoms with Crippen LogP contribution in [0.4, 0.5) is 5.69 Å². The van der Waals surface area contributed by atoms with E-state index in [1.807, 2.05) is 50.2 Å². The predicted molar refractivity (Wildman–Crippen MR) is 97.2 cm³/mol. The molecule has 3 nitrogen and oxygen atoms in total. The summed E-state index contributed by atoms with van der Waals surface area (Å²) in [6, 6.07) is 13.9. The van der Waals surface area contributed by atoms with Gasteiger partial charge in [-0.2, -0.15) is 0 Å². The molecular formula is C19H23ClN2O. The van der Waals surface area contributed by atoms with Crippen LogP contribution < -0.4 is 10.6 Å². The van der Waals surface area contributed by atoms with Crippen molar-refractivity contribution in [1.29, 1.82) is 0 Å². The standard InChI is InChI=1S/C19H23ClN2O/c1-14-3-8-18(15(2)13-14)22-19(23)10-12-21-11-9-16-4-6-17(20)7-5-16/h3-8,13,21H,9-12H2,1-2H3,(H,22,23). The summed E-state index contributed by atoms with van der Waals surface area (Å²) >= 11 is 5.86. The number of rotatable bonds is 7. The van der Waals surface area contributed by atoms with Gasteiger partial charge in [0.05, 0.1) is 0 Å². The van der Waals surface area contributed by atoms with Gasteiger partial charge in [0.15, 0.2) is 0 Å². The second-order valence-corrected chi connectivity index (χ2v) is 6.18. The Bertz CT molecular complexity index is 653. The van der Waals surface area contributed by atoms with E-state index in [1.165, 1.54) is 11.1 Å². The molecule has 2 aromatic rings. The Kier molecular flexibility index (Phi) is 6.63. The Morgan fingerprint density at radius 3 is 2.48 bits per heavy atom. The van der Waals surface area contributed by atoms with Crippen LogP contribution in [-0.2, 0) is 11.2 Å². The molecule has 4 heteroatoms. The number of halogens is 1.